The number of carbonyl (C=O) groups is 1. The van der Waals surface area contributed by atoms with Gasteiger partial charge in [0.1, 0.15) is 6.73 Å². The van der Waals surface area contributed by atoms with Crippen molar-refractivity contribution in [1.29, 1.82) is 0 Å². The molecule has 1 aliphatic rings. The van der Waals surface area contributed by atoms with E-state index in [1.807, 2.05) is 13.8 Å². The number of amides is 2. The molecule has 1 heterocycles. The quantitative estimate of drug-likeness (QED) is 0.470. The second kappa shape index (κ2) is 3.91. The van der Waals surface area contributed by atoms with Gasteiger partial charge in [-0.1, -0.05) is 5.22 Å². The molecule has 0 atom stereocenters. The van der Waals surface area contributed by atoms with Crippen molar-refractivity contribution < 1.29 is 9.53 Å². The molecule has 0 radical (unpaired) electrons. The molecular weight excluding hydrogens is 184 g/mol. The van der Waals surface area contributed by atoms with E-state index in [9.17, 15) is 4.79 Å². The molecule has 0 saturated carbocycles. The Morgan fingerprint density at radius 2 is 2.21 bits per heavy atom. The zero-order valence-electron chi connectivity index (χ0n) is 9.02. The van der Waals surface area contributed by atoms with Gasteiger partial charge in [0.05, 0.1) is 19.2 Å². The van der Waals surface area contributed by atoms with Gasteiger partial charge in [-0.15, -0.1) is 0 Å². The Kier molecular flexibility index (Phi) is 3.05. The molecule has 1 saturated heterocycles. The first-order valence-electron chi connectivity index (χ1n) is 4.42. The minimum absolute atomic E-state index is 0.196. The highest BCUT2D eigenvalue weighted by molar-refractivity contribution is 5.74. The summed E-state index contributed by atoms with van der Waals surface area (Å²) in [5.41, 5.74) is -0.269. The molecule has 1 fully saturated rings. The number of ether oxygens (including phenoxy) is 1. The van der Waals surface area contributed by atoms with Gasteiger partial charge < -0.3 is 4.74 Å². The van der Waals surface area contributed by atoms with E-state index in [1.54, 1.807) is 11.9 Å². The van der Waals surface area contributed by atoms with E-state index in [0.717, 1.165) is 0 Å². The fourth-order valence-electron chi connectivity index (χ4n) is 1.30. The lowest BCUT2D eigenvalue weighted by atomic mass is 10.1. The van der Waals surface area contributed by atoms with Crippen molar-refractivity contribution in [2.45, 2.75) is 19.4 Å². The topological polar surface area (TPSA) is 57.5 Å². The summed E-state index contributed by atoms with van der Waals surface area (Å²) in [5, 5.41) is 8.39. The van der Waals surface area contributed by atoms with Gasteiger partial charge >= 0.3 is 6.03 Å². The van der Waals surface area contributed by atoms with E-state index in [4.69, 9.17) is 4.74 Å². The molecule has 0 unspecified atom stereocenters. The van der Waals surface area contributed by atoms with Gasteiger partial charge in [0.15, 0.2) is 0 Å². The van der Waals surface area contributed by atoms with Gasteiger partial charge in [0.25, 0.3) is 0 Å². The SMILES string of the molecule is CN=NN(C)C(=O)N1COCC1(C)C. The Morgan fingerprint density at radius 1 is 1.57 bits per heavy atom. The monoisotopic (exact) mass is 200 g/mol. The van der Waals surface area contributed by atoms with Crippen molar-refractivity contribution in [3.63, 3.8) is 0 Å². The Morgan fingerprint density at radius 3 is 2.64 bits per heavy atom. The van der Waals surface area contributed by atoms with Crippen molar-refractivity contribution in [2.24, 2.45) is 10.3 Å². The van der Waals surface area contributed by atoms with Crippen molar-refractivity contribution >= 4 is 6.03 Å². The van der Waals surface area contributed by atoms with E-state index in [-0.39, 0.29) is 11.6 Å². The highest BCUT2D eigenvalue weighted by Crippen LogP contribution is 2.22. The van der Waals surface area contributed by atoms with E-state index >= 15 is 0 Å². The zero-order valence-corrected chi connectivity index (χ0v) is 9.02. The molecule has 0 aromatic carbocycles. The van der Waals surface area contributed by atoms with Crippen molar-refractivity contribution in [3.05, 3.63) is 0 Å². The molecule has 2 amide bonds. The summed E-state index contributed by atoms with van der Waals surface area (Å²) in [7, 11) is 3.10. The fraction of sp³-hybridized carbons (Fsp3) is 0.875. The molecule has 0 aromatic rings. The number of rotatable bonds is 1. The normalized spacial score (nSPS) is 20.4. The number of carbonyl (C=O) groups excluding carboxylic acids is 1. The second-order valence-corrected chi connectivity index (χ2v) is 3.81. The largest absolute Gasteiger partial charge is 0.359 e. The first-order chi connectivity index (χ1) is 6.49. The predicted octanol–water partition coefficient (Wildman–Crippen LogP) is 1.10. The highest BCUT2D eigenvalue weighted by atomic mass is 16.5. The molecule has 14 heavy (non-hydrogen) atoms. The van der Waals surface area contributed by atoms with Gasteiger partial charge in [-0.3, -0.25) is 4.90 Å². The molecule has 6 heteroatoms. The summed E-state index contributed by atoms with van der Waals surface area (Å²) >= 11 is 0. The average Bonchev–Trinajstić information content (AvgIpc) is 2.44. The van der Waals surface area contributed by atoms with Crippen LogP contribution in [0.15, 0.2) is 10.3 Å². The third-order valence-corrected chi connectivity index (χ3v) is 2.14. The summed E-state index contributed by atoms with van der Waals surface area (Å²) in [6.45, 7) is 4.77. The minimum atomic E-state index is -0.269. The molecule has 0 aliphatic carbocycles. The van der Waals surface area contributed by atoms with Crippen LogP contribution in [0.2, 0.25) is 0 Å². The van der Waals surface area contributed by atoms with Crippen LogP contribution >= 0.6 is 0 Å². The van der Waals surface area contributed by atoms with Crippen LogP contribution in [0.25, 0.3) is 0 Å². The Bertz CT molecular complexity index is 252. The molecule has 1 rings (SSSR count). The summed E-state index contributed by atoms with van der Waals surface area (Å²) in [6, 6.07) is -0.196. The van der Waals surface area contributed by atoms with Gasteiger partial charge in [0.2, 0.25) is 0 Å². The third-order valence-electron chi connectivity index (χ3n) is 2.14. The maximum Gasteiger partial charge on any atom is 0.343 e. The Labute approximate surface area is 83.5 Å². The van der Waals surface area contributed by atoms with Gasteiger partial charge in [-0.2, -0.15) is 10.1 Å². The number of nitrogens with zero attached hydrogens (tertiary/aromatic N) is 4. The van der Waals surface area contributed by atoms with Crippen LogP contribution in [0, 0.1) is 0 Å². The smallest absolute Gasteiger partial charge is 0.343 e. The van der Waals surface area contributed by atoms with Crippen molar-refractivity contribution in [1.82, 2.24) is 9.91 Å². The van der Waals surface area contributed by atoms with Crippen molar-refractivity contribution in [2.75, 3.05) is 27.4 Å². The number of urea groups is 1. The van der Waals surface area contributed by atoms with Crippen LogP contribution in [0.1, 0.15) is 13.8 Å². The number of hydrogen-bond acceptors (Lipinski definition) is 4. The molecule has 0 N–H and O–H groups in total. The fourth-order valence-corrected chi connectivity index (χ4v) is 1.30. The first kappa shape index (κ1) is 10.9. The summed E-state index contributed by atoms with van der Waals surface area (Å²) in [5.74, 6) is 0. The van der Waals surface area contributed by atoms with Gasteiger partial charge in [0, 0.05) is 7.05 Å². The van der Waals surface area contributed by atoms with E-state index in [0.29, 0.717) is 13.3 Å². The van der Waals surface area contributed by atoms with Crippen LogP contribution < -0.4 is 0 Å². The molecule has 80 valence electrons. The lowest BCUT2D eigenvalue weighted by Gasteiger charge is -2.30. The standard InChI is InChI=1S/C8H16N4O2/c1-8(2)5-14-6-12(8)7(13)11(4)10-9-3/h5-6H2,1-4H3. The molecule has 6 nitrogen and oxygen atoms in total. The zero-order chi connectivity index (χ0) is 10.8. The Balaban J connectivity index is 2.69. The van der Waals surface area contributed by atoms with Gasteiger partial charge in [-0.05, 0) is 13.8 Å². The predicted molar refractivity (Wildman–Crippen MR) is 50.7 cm³/mol. The van der Waals surface area contributed by atoms with Crippen LogP contribution in [0.5, 0.6) is 0 Å². The number of hydrogen-bond donors (Lipinski definition) is 0. The first-order valence-corrected chi connectivity index (χ1v) is 4.42. The molecule has 1 aliphatic heterocycles. The lowest BCUT2D eigenvalue weighted by molar-refractivity contribution is 0.116. The highest BCUT2D eigenvalue weighted by Gasteiger charge is 2.38. The van der Waals surface area contributed by atoms with E-state index in [2.05, 4.69) is 10.3 Å². The maximum atomic E-state index is 11.8. The molecule has 0 spiro atoms. The minimum Gasteiger partial charge on any atom is -0.359 e. The lowest BCUT2D eigenvalue weighted by Crippen LogP contribution is -2.48. The van der Waals surface area contributed by atoms with Crippen LogP contribution in [-0.2, 0) is 4.74 Å². The third kappa shape index (κ3) is 2.01. The second-order valence-electron chi connectivity index (χ2n) is 3.81. The molecular formula is C8H16N4O2. The van der Waals surface area contributed by atoms with Crippen LogP contribution in [-0.4, -0.2) is 48.9 Å². The van der Waals surface area contributed by atoms with Crippen LogP contribution in [0.4, 0.5) is 4.79 Å². The average molecular weight is 200 g/mol. The maximum absolute atomic E-state index is 11.8. The summed E-state index contributed by atoms with van der Waals surface area (Å²) < 4.78 is 5.23. The molecule has 0 aromatic heterocycles. The summed E-state index contributed by atoms with van der Waals surface area (Å²) in [6.07, 6.45) is 0. The molecule has 0 bridgehead atoms. The Hall–Kier alpha value is -1.17. The summed E-state index contributed by atoms with van der Waals surface area (Å²) in [4.78, 5) is 13.4. The van der Waals surface area contributed by atoms with Crippen LogP contribution in [0.3, 0.4) is 0 Å². The van der Waals surface area contributed by atoms with Crippen molar-refractivity contribution in [3.8, 4) is 0 Å². The van der Waals surface area contributed by atoms with Gasteiger partial charge in [-0.25, -0.2) is 4.79 Å². The van der Waals surface area contributed by atoms with E-state index in [1.165, 1.54) is 12.1 Å². The van der Waals surface area contributed by atoms with E-state index < -0.39 is 0 Å².